The summed E-state index contributed by atoms with van der Waals surface area (Å²) in [5, 5.41) is 6.44. The maximum atomic E-state index is 5.27. The zero-order chi connectivity index (χ0) is 5.91. The summed E-state index contributed by atoms with van der Waals surface area (Å²) in [6.07, 6.45) is 0. The second-order valence-corrected chi connectivity index (χ2v) is 9.48. The van der Waals surface area contributed by atoms with Crippen LogP contribution >= 0.6 is 11.9 Å². The molecule has 1 nitrogen and oxygen atoms in total. The van der Waals surface area contributed by atoms with Gasteiger partial charge in [-0.25, -0.2) is 0 Å². The van der Waals surface area contributed by atoms with Crippen molar-refractivity contribution in [3.05, 3.63) is 0 Å². The molecule has 0 aromatic heterocycles. The third-order valence-electron chi connectivity index (χ3n) is 0.516. The largest absolute Gasteiger partial charge is 0.278 e. The summed E-state index contributed by atoms with van der Waals surface area (Å²) in [5.74, 6) is 0. The van der Waals surface area contributed by atoms with Crippen molar-refractivity contribution in [1.82, 2.24) is 0 Å². The molecule has 0 aliphatic rings. The molecule has 0 fully saturated rings. The highest BCUT2D eigenvalue weighted by Gasteiger charge is 2.10. The van der Waals surface area contributed by atoms with Crippen LogP contribution in [0.1, 0.15) is 0 Å². The van der Waals surface area contributed by atoms with Crippen molar-refractivity contribution in [1.29, 1.82) is 0 Å². The third-order valence-corrected chi connectivity index (χ3v) is 4.65. The normalized spacial score (nSPS) is 12.0. The van der Waals surface area contributed by atoms with Crippen LogP contribution in [0.4, 0.5) is 0 Å². The minimum Gasteiger partial charge on any atom is -0.278 e. The molecule has 0 aromatic rings. The quantitative estimate of drug-likeness (QED) is 0.458. The summed E-state index contributed by atoms with van der Waals surface area (Å²) >= 11 is 1.47. The summed E-state index contributed by atoms with van der Waals surface area (Å²) in [6, 6.07) is 0. The van der Waals surface area contributed by atoms with Gasteiger partial charge in [0.25, 0.3) is 0 Å². The van der Waals surface area contributed by atoms with E-state index in [0.717, 1.165) is 0 Å². The molecule has 0 aliphatic carbocycles. The lowest BCUT2D eigenvalue weighted by Gasteiger charge is -2.11. The lowest BCUT2D eigenvalue weighted by atomic mass is 11.8. The summed E-state index contributed by atoms with van der Waals surface area (Å²) in [4.78, 5) is 0. The lowest BCUT2D eigenvalue weighted by Crippen LogP contribution is -2.24. The van der Waals surface area contributed by atoms with E-state index < -0.39 is 8.07 Å². The van der Waals surface area contributed by atoms with Gasteiger partial charge < -0.3 is 0 Å². The van der Waals surface area contributed by atoms with Crippen molar-refractivity contribution < 1.29 is 0 Å². The Hall–Kier alpha value is 0.527. The predicted octanol–water partition coefficient (Wildman–Crippen LogP) is 1.47. The lowest BCUT2D eigenvalue weighted by molar-refractivity contribution is 1.67. The molecule has 3 heteroatoms. The van der Waals surface area contributed by atoms with Gasteiger partial charge in [-0.05, 0) is 0 Å². The molecule has 0 atom stereocenters. The fourth-order valence-corrected chi connectivity index (χ4v) is 2.25. The number of nitrogens with two attached hydrogens (primary N) is 1. The van der Waals surface area contributed by atoms with Gasteiger partial charge in [0.2, 0.25) is 0 Å². The number of hydrogen-bond acceptors (Lipinski definition) is 2. The standard InChI is InChI=1S/C4H13NSSi/c1-7(2,3)4-6-5/h4-5H2,1-3H3. The highest BCUT2D eigenvalue weighted by Crippen LogP contribution is 2.04. The summed E-state index contributed by atoms with van der Waals surface area (Å²) < 4.78 is 0. The topological polar surface area (TPSA) is 26.0 Å². The molecule has 0 unspecified atom stereocenters. The van der Waals surface area contributed by atoms with Crippen molar-refractivity contribution in [2.45, 2.75) is 19.6 Å². The van der Waals surface area contributed by atoms with Crippen LogP contribution in [0.3, 0.4) is 0 Å². The van der Waals surface area contributed by atoms with Gasteiger partial charge in [-0.1, -0.05) is 31.6 Å². The first-order valence-corrected chi connectivity index (χ1v) is 7.13. The SMILES string of the molecule is C[Si](C)(C)CSN. The number of rotatable bonds is 2. The van der Waals surface area contributed by atoms with Crippen molar-refractivity contribution >= 4 is 20.0 Å². The molecular formula is C4H13NSSi. The van der Waals surface area contributed by atoms with Crippen LogP contribution in [0.25, 0.3) is 0 Å². The predicted molar refractivity (Wildman–Crippen MR) is 40.0 cm³/mol. The molecule has 2 N–H and O–H groups in total. The molecule has 7 heavy (non-hydrogen) atoms. The van der Waals surface area contributed by atoms with Gasteiger partial charge in [-0.15, -0.1) is 0 Å². The van der Waals surface area contributed by atoms with Gasteiger partial charge in [0.05, 0.1) is 8.07 Å². The van der Waals surface area contributed by atoms with Gasteiger partial charge in [0, 0.05) is 5.38 Å². The molecule has 0 aromatic carbocycles. The van der Waals surface area contributed by atoms with E-state index in [4.69, 9.17) is 5.14 Å². The van der Waals surface area contributed by atoms with Crippen LogP contribution < -0.4 is 5.14 Å². The first-order valence-electron chi connectivity index (χ1n) is 2.38. The average Bonchev–Trinajstić information content (AvgIpc) is 1.30. The smallest absolute Gasteiger partial charge is 0.0565 e. The van der Waals surface area contributed by atoms with Gasteiger partial charge in [0.1, 0.15) is 0 Å². The van der Waals surface area contributed by atoms with E-state index >= 15 is 0 Å². The third kappa shape index (κ3) is 6.53. The summed E-state index contributed by atoms with van der Waals surface area (Å²) in [6.45, 7) is 6.94. The Labute approximate surface area is 50.8 Å². The second kappa shape index (κ2) is 2.74. The average molecular weight is 135 g/mol. The minimum absolute atomic E-state index is 0.819. The minimum atomic E-state index is -0.819. The van der Waals surface area contributed by atoms with Crippen LogP contribution in [0.2, 0.25) is 19.6 Å². The monoisotopic (exact) mass is 135 g/mol. The van der Waals surface area contributed by atoms with Crippen molar-refractivity contribution in [3.63, 3.8) is 0 Å². The van der Waals surface area contributed by atoms with E-state index in [0.29, 0.717) is 0 Å². The van der Waals surface area contributed by atoms with Crippen molar-refractivity contribution in [2.75, 3.05) is 5.38 Å². The molecule has 0 amide bonds. The van der Waals surface area contributed by atoms with Gasteiger partial charge >= 0.3 is 0 Å². The molecule has 44 valence electrons. The van der Waals surface area contributed by atoms with Crippen LogP contribution in [0.5, 0.6) is 0 Å². The van der Waals surface area contributed by atoms with Crippen LogP contribution in [0.15, 0.2) is 0 Å². The first-order chi connectivity index (χ1) is 3.06. The molecule has 0 bridgehead atoms. The van der Waals surface area contributed by atoms with E-state index in [2.05, 4.69) is 19.6 Å². The fourth-order valence-electron chi connectivity index (χ4n) is 0.250. The Bertz CT molecular complexity index is 50.1. The van der Waals surface area contributed by atoms with Gasteiger partial charge in [-0.3, -0.25) is 5.14 Å². The zero-order valence-electron chi connectivity index (χ0n) is 5.19. The fraction of sp³-hybridized carbons (Fsp3) is 1.00. The van der Waals surface area contributed by atoms with Gasteiger partial charge in [0.15, 0.2) is 0 Å². The highest BCUT2D eigenvalue weighted by molar-refractivity contribution is 7.98. The summed E-state index contributed by atoms with van der Waals surface area (Å²) in [7, 11) is -0.819. The Morgan fingerprint density at radius 2 is 1.86 bits per heavy atom. The molecule has 0 aliphatic heterocycles. The maximum Gasteiger partial charge on any atom is 0.0565 e. The number of hydrogen-bond donors (Lipinski definition) is 1. The highest BCUT2D eigenvalue weighted by atomic mass is 32.2. The summed E-state index contributed by atoms with van der Waals surface area (Å²) in [5.41, 5.74) is 0. The maximum absolute atomic E-state index is 5.27. The first kappa shape index (κ1) is 7.53. The molecule has 0 spiro atoms. The Balaban J connectivity index is 3.15. The molecule has 0 radical (unpaired) electrons. The van der Waals surface area contributed by atoms with E-state index in [9.17, 15) is 0 Å². The zero-order valence-corrected chi connectivity index (χ0v) is 7.01. The Morgan fingerprint density at radius 1 is 1.43 bits per heavy atom. The van der Waals surface area contributed by atoms with Crippen LogP contribution in [0, 0.1) is 0 Å². The van der Waals surface area contributed by atoms with Crippen LogP contribution in [-0.2, 0) is 0 Å². The molecule has 0 rings (SSSR count). The van der Waals surface area contributed by atoms with E-state index in [1.165, 1.54) is 17.3 Å². The van der Waals surface area contributed by atoms with E-state index in [-0.39, 0.29) is 0 Å². The van der Waals surface area contributed by atoms with Crippen molar-refractivity contribution in [2.24, 2.45) is 5.14 Å². The Kier molecular flexibility index (Phi) is 2.95. The Morgan fingerprint density at radius 3 is 1.86 bits per heavy atom. The second-order valence-electron chi connectivity index (χ2n) is 2.87. The van der Waals surface area contributed by atoms with Crippen LogP contribution in [-0.4, -0.2) is 13.5 Å². The molecule has 0 saturated heterocycles. The van der Waals surface area contributed by atoms with Gasteiger partial charge in [-0.2, -0.15) is 0 Å². The molecule has 0 heterocycles. The van der Waals surface area contributed by atoms with E-state index in [1.807, 2.05) is 0 Å². The van der Waals surface area contributed by atoms with Crippen molar-refractivity contribution in [3.8, 4) is 0 Å². The van der Waals surface area contributed by atoms with E-state index in [1.54, 1.807) is 0 Å². The molecule has 0 saturated carbocycles. The molecular weight excluding hydrogens is 122 g/mol.